The molecule has 5 nitrogen and oxygen atoms in total. The maximum atomic E-state index is 12.8. The number of aromatic amines is 1. The molecule has 122 valence electrons. The van der Waals surface area contributed by atoms with Crippen molar-refractivity contribution in [2.75, 3.05) is 14.1 Å². The molecule has 0 aliphatic rings. The number of H-pyrrole nitrogens is 1. The van der Waals surface area contributed by atoms with Gasteiger partial charge in [-0.15, -0.1) is 0 Å². The fraction of sp³-hybridized carbons (Fsp3) is 0.267. The Labute approximate surface area is 129 Å². The first-order valence-electron chi connectivity index (χ1n) is 6.60. The zero-order valence-corrected chi connectivity index (χ0v) is 12.7. The van der Waals surface area contributed by atoms with Crippen LogP contribution in [0.1, 0.15) is 21.7 Å². The first-order chi connectivity index (χ1) is 10.6. The molecule has 0 aromatic carbocycles. The molecule has 2 heterocycles. The lowest BCUT2D eigenvalue weighted by atomic mass is 10.0. The molecular weight excluding hydrogens is 311 g/mol. The molecule has 0 unspecified atom stereocenters. The first kappa shape index (κ1) is 16.7. The van der Waals surface area contributed by atoms with Crippen LogP contribution in [0.15, 0.2) is 29.3 Å². The summed E-state index contributed by atoms with van der Waals surface area (Å²) >= 11 is 0. The van der Waals surface area contributed by atoms with Gasteiger partial charge in [0.05, 0.1) is 0 Å². The van der Waals surface area contributed by atoms with E-state index >= 15 is 0 Å². The summed E-state index contributed by atoms with van der Waals surface area (Å²) < 4.78 is 38.4. The van der Waals surface area contributed by atoms with Gasteiger partial charge in [0.1, 0.15) is 11.3 Å². The van der Waals surface area contributed by atoms with Gasteiger partial charge < -0.3 is 9.88 Å². The molecule has 0 atom stereocenters. The van der Waals surface area contributed by atoms with Gasteiger partial charge in [-0.25, -0.2) is 0 Å². The predicted molar refractivity (Wildman–Crippen MR) is 78.1 cm³/mol. The van der Waals surface area contributed by atoms with E-state index in [1.165, 1.54) is 31.3 Å². The monoisotopic (exact) mass is 325 g/mol. The minimum atomic E-state index is -4.62. The number of pyridine rings is 2. The molecule has 1 amide bonds. The summed E-state index contributed by atoms with van der Waals surface area (Å²) in [6.07, 6.45) is -2.37. The van der Waals surface area contributed by atoms with Gasteiger partial charge >= 0.3 is 6.18 Å². The van der Waals surface area contributed by atoms with Gasteiger partial charge in [0.25, 0.3) is 5.91 Å². The van der Waals surface area contributed by atoms with E-state index < -0.39 is 23.2 Å². The second kappa shape index (κ2) is 5.86. The highest BCUT2D eigenvalue weighted by atomic mass is 19.4. The van der Waals surface area contributed by atoms with Gasteiger partial charge in [0.15, 0.2) is 0 Å². The molecule has 2 aromatic rings. The van der Waals surface area contributed by atoms with Crippen molar-refractivity contribution >= 4 is 5.91 Å². The summed E-state index contributed by atoms with van der Waals surface area (Å²) in [5.74, 6) is -0.530. The smallest absolute Gasteiger partial charge is 0.364 e. The van der Waals surface area contributed by atoms with E-state index in [2.05, 4.69) is 9.97 Å². The number of carbonyl (C=O) groups excluding carboxylic acids is 1. The largest absolute Gasteiger partial charge is 0.433 e. The van der Waals surface area contributed by atoms with Gasteiger partial charge in [0, 0.05) is 37.7 Å². The minimum Gasteiger partial charge on any atom is -0.364 e. The molecule has 0 bridgehead atoms. The highest BCUT2D eigenvalue weighted by Crippen LogP contribution is 2.30. The molecular formula is C15H14F3N3O2. The van der Waals surface area contributed by atoms with Crippen LogP contribution in [0.4, 0.5) is 13.2 Å². The Morgan fingerprint density at radius 3 is 2.52 bits per heavy atom. The van der Waals surface area contributed by atoms with Crippen molar-refractivity contribution in [3.63, 3.8) is 0 Å². The maximum Gasteiger partial charge on any atom is 0.433 e. The number of nitrogens with zero attached hydrogens (tertiary/aromatic N) is 2. The van der Waals surface area contributed by atoms with Gasteiger partial charge in [-0.3, -0.25) is 14.6 Å². The lowest BCUT2D eigenvalue weighted by Gasteiger charge is -2.13. The quantitative estimate of drug-likeness (QED) is 0.922. The van der Waals surface area contributed by atoms with Gasteiger partial charge in [0.2, 0.25) is 5.43 Å². The van der Waals surface area contributed by atoms with Crippen molar-refractivity contribution in [2.24, 2.45) is 0 Å². The Kier molecular flexibility index (Phi) is 4.26. The number of carbonyl (C=O) groups is 1. The maximum absolute atomic E-state index is 12.8. The molecule has 0 aliphatic heterocycles. The summed E-state index contributed by atoms with van der Waals surface area (Å²) in [7, 11) is 2.96. The molecule has 0 saturated carbocycles. The van der Waals surface area contributed by atoms with Crippen LogP contribution in [-0.4, -0.2) is 34.9 Å². The van der Waals surface area contributed by atoms with E-state index in [1.54, 1.807) is 6.92 Å². The minimum absolute atomic E-state index is 0.0191. The van der Waals surface area contributed by atoms with Crippen LogP contribution in [0, 0.1) is 6.92 Å². The second-order valence-electron chi connectivity index (χ2n) is 5.16. The van der Waals surface area contributed by atoms with Crippen molar-refractivity contribution in [3.05, 3.63) is 51.7 Å². The van der Waals surface area contributed by atoms with E-state index in [0.29, 0.717) is 5.69 Å². The number of hydrogen-bond acceptors (Lipinski definition) is 3. The van der Waals surface area contributed by atoms with Gasteiger partial charge in [-0.2, -0.15) is 13.2 Å². The van der Waals surface area contributed by atoms with Gasteiger partial charge in [-0.05, 0) is 24.6 Å². The zero-order chi connectivity index (χ0) is 17.4. The highest BCUT2D eigenvalue weighted by molar-refractivity contribution is 5.94. The Balaban J connectivity index is 2.67. The summed E-state index contributed by atoms with van der Waals surface area (Å²) in [6, 6.07) is 2.10. The number of nitrogens with one attached hydrogen (secondary N) is 1. The van der Waals surface area contributed by atoms with Crippen molar-refractivity contribution in [1.29, 1.82) is 0 Å². The highest BCUT2D eigenvalue weighted by Gasteiger charge is 2.33. The van der Waals surface area contributed by atoms with Crippen LogP contribution < -0.4 is 5.43 Å². The Morgan fingerprint density at radius 2 is 1.96 bits per heavy atom. The number of aromatic nitrogens is 2. The molecule has 0 saturated heterocycles. The SMILES string of the molecule is Cc1[nH]cc(C(=O)N(C)C)c(=O)c1-c1ccnc(C(F)(F)F)c1. The van der Waals surface area contributed by atoms with E-state index in [9.17, 15) is 22.8 Å². The summed E-state index contributed by atoms with van der Waals surface area (Å²) in [6.45, 7) is 1.55. The average molecular weight is 325 g/mol. The number of hydrogen-bond donors (Lipinski definition) is 1. The number of aryl methyl sites for hydroxylation is 1. The fourth-order valence-corrected chi connectivity index (χ4v) is 2.11. The molecule has 0 aliphatic carbocycles. The second-order valence-corrected chi connectivity index (χ2v) is 5.16. The van der Waals surface area contributed by atoms with E-state index in [1.807, 2.05) is 0 Å². The normalized spacial score (nSPS) is 11.4. The van der Waals surface area contributed by atoms with Crippen LogP contribution in [0.5, 0.6) is 0 Å². The number of alkyl halides is 3. The molecule has 2 rings (SSSR count). The third kappa shape index (κ3) is 3.25. The zero-order valence-electron chi connectivity index (χ0n) is 12.7. The Morgan fingerprint density at radius 1 is 1.30 bits per heavy atom. The van der Waals surface area contributed by atoms with E-state index in [0.717, 1.165) is 12.3 Å². The number of amides is 1. The predicted octanol–water partition coefficient (Wildman–Crippen LogP) is 2.47. The topological polar surface area (TPSA) is 66.1 Å². The van der Waals surface area contributed by atoms with Crippen LogP contribution in [-0.2, 0) is 6.18 Å². The van der Waals surface area contributed by atoms with Crippen LogP contribution in [0.25, 0.3) is 11.1 Å². The van der Waals surface area contributed by atoms with Crippen molar-refractivity contribution in [1.82, 2.24) is 14.9 Å². The van der Waals surface area contributed by atoms with E-state index in [-0.39, 0.29) is 16.7 Å². The molecule has 2 aromatic heterocycles. The standard InChI is InChI=1S/C15H14F3N3O2/c1-8-12(9-4-5-19-11(6-9)15(16,17)18)13(22)10(7-20-8)14(23)21(2)3/h4-7H,1-3H3,(H,20,22). The number of rotatable bonds is 2. The lowest BCUT2D eigenvalue weighted by Crippen LogP contribution is -2.29. The Bertz CT molecular complexity index is 810. The van der Waals surface area contributed by atoms with Crippen LogP contribution >= 0.6 is 0 Å². The third-order valence-electron chi connectivity index (χ3n) is 3.26. The molecule has 0 fully saturated rings. The first-order valence-corrected chi connectivity index (χ1v) is 6.60. The van der Waals surface area contributed by atoms with Crippen molar-refractivity contribution in [3.8, 4) is 11.1 Å². The lowest BCUT2D eigenvalue weighted by molar-refractivity contribution is -0.141. The van der Waals surface area contributed by atoms with Crippen LogP contribution in [0.2, 0.25) is 0 Å². The average Bonchev–Trinajstić information content (AvgIpc) is 2.46. The van der Waals surface area contributed by atoms with Crippen molar-refractivity contribution in [2.45, 2.75) is 13.1 Å². The molecule has 23 heavy (non-hydrogen) atoms. The van der Waals surface area contributed by atoms with Crippen LogP contribution in [0.3, 0.4) is 0 Å². The molecule has 8 heteroatoms. The summed E-state index contributed by atoms with van der Waals surface area (Å²) in [5, 5.41) is 0. The number of halogens is 3. The Hall–Kier alpha value is -2.64. The third-order valence-corrected chi connectivity index (χ3v) is 3.26. The fourth-order valence-electron chi connectivity index (χ4n) is 2.11. The van der Waals surface area contributed by atoms with Gasteiger partial charge in [-0.1, -0.05) is 0 Å². The van der Waals surface area contributed by atoms with Crippen molar-refractivity contribution < 1.29 is 18.0 Å². The molecule has 0 spiro atoms. The molecule has 0 radical (unpaired) electrons. The molecule has 1 N–H and O–H groups in total. The van der Waals surface area contributed by atoms with E-state index in [4.69, 9.17) is 0 Å². The summed E-state index contributed by atoms with van der Waals surface area (Å²) in [4.78, 5) is 31.8. The summed E-state index contributed by atoms with van der Waals surface area (Å²) in [5.41, 5.74) is -1.42.